The van der Waals surface area contributed by atoms with Crippen molar-refractivity contribution in [3.8, 4) is 0 Å². The highest BCUT2D eigenvalue weighted by atomic mass is 16.4. The molecular formula is C9H15N3O2. The van der Waals surface area contributed by atoms with Gasteiger partial charge >= 0.3 is 5.97 Å². The highest BCUT2D eigenvalue weighted by Crippen LogP contribution is 2.13. The third-order valence-corrected chi connectivity index (χ3v) is 1.82. The van der Waals surface area contributed by atoms with Gasteiger partial charge in [-0.15, -0.1) is 5.10 Å². The second-order valence-electron chi connectivity index (χ2n) is 4.11. The molecule has 0 spiro atoms. The fourth-order valence-electron chi connectivity index (χ4n) is 1.04. The standard InChI is InChI=1S/C9H15N3O2/c1-5-6-7(8(13)14)11-12(10-6)9(2,3)4/h5H2,1-4H3,(H,13,14). The Bertz CT molecular complexity index is 349. The van der Waals surface area contributed by atoms with Crippen LogP contribution in [-0.2, 0) is 12.0 Å². The number of aromatic nitrogens is 3. The van der Waals surface area contributed by atoms with Crippen molar-refractivity contribution in [2.75, 3.05) is 0 Å². The van der Waals surface area contributed by atoms with Crippen LogP contribution in [-0.4, -0.2) is 26.1 Å². The maximum absolute atomic E-state index is 10.8. The lowest BCUT2D eigenvalue weighted by Gasteiger charge is -2.16. The van der Waals surface area contributed by atoms with Gasteiger partial charge in [0.25, 0.3) is 0 Å². The molecule has 1 rings (SSSR count). The molecule has 0 aliphatic carbocycles. The minimum absolute atomic E-state index is 0.0578. The van der Waals surface area contributed by atoms with Crippen molar-refractivity contribution >= 4 is 5.97 Å². The number of nitrogens with zero attached hydrogens (tertiary/aromatic N) is 3. The first-order valence-electron chi connectivity index (χ1n) is 4.56. The monoisotopic (exact) mass is 197 g/mol. The van der Waals surface area contributed by atoms with Crippen molar-refractivity contribution in [3.63, 3.8) is 0 Å². The molecule has 14 heavy (non-hydrogen) atoms. The topological polar surface area (TPSA) is 68.0 Å². The van der Waals surface area contributed by atoms with E-state index >= 15 is 0 Å². The molecule has 1 aromatic heterocycles. The normalized spacial score (nSPS) is 11.7. The van der Waals surface area contributed by atoms with E-state index in [-0.39, 0.29) is 11.2 Å². The Morgan fingerprint density at radius 2 is 2.00 bits per heavy atom. The third-order valence-electron chi connectivity index (χ3n) is 1.82. The van der Waals surface area contributed by atoms with Crippen LogP contribution >= 0.6 is 0 Å². The lowest BCUT2D eigenvalue weighted by atomic mass is 10.1. The van der Waals surface area contributed by atoms with Gasteiger partial charge in [-0.3, -0.25) is 0 Å². The van der Waals surface area contributed by atoms with Gasteiger partial charge in [0.2, 0.25) is 0 Å². The van der Waals surface area contributed by atoms with Gasteiger partial charge in [-0.25, -0.2) is 4.79 Å². The Balaban J connectivity index is 3.20. The van der Waals surface area contributed by atoms with E-state index in [4.69, 9.17) is 5.11 Å². The number of carboxylic acid groups (broad SMARTS) is 1. The Kier molecular flexibility index (Phi) is 2.59. The van der Waals surface area contributed by atoms with Crippen LogP contribution in [0.4, 0.5) is 0 Å². The summed E-state index contributed by atoms with van der Waals surface area (Å²) in [6.07, 6.45) is 0.581. The van der Waals surface area contributed by atoms with Crippen LogP contribution in [0.5, 0.6) is 0 Å². The summed E-state index contributed by atoms with van der Waals surface area (Å²) in [6, 6.07) is 0. The van der Waals surface area contributed by atoms with Crippen molar-refractivity contribution < 1.29 is 9.90 Å². The largest absolute Gasteiger partial charge is 0.476 e. The van der Waals surface area contributed by atoms with E-state index in [0.29, 0.717) is 12.1 Å². The van der Waals surface area contributed by atoms with Gasteiger partial charge in [0.15, 0.2) is 5.69 Å². The molecule has 0 fully saturated rings. The lowest BCUT2D eigenvalue weighted by Crippen LogP contribution is -2.25. The minimum atomic E-state index is -1.02. The molecule has 5 nitrogen and oxygen atoms in total. The van der Waals surface area contributed by atoms with Crippen molar-refractivity contribution in [2.45, 2.75) is 39.7 Å². The summed E-state index contributed by atoms with van der Waals surface area (Å²) in [7, 11) is 0. The van der Waals surface area contributed by atoms with Crippen LogP contribution in [0, 0.1) is 0 Å². The highest BCUT2D eigenvalue weighted by molar-refractivity contribution is 5.86. The second-order valence-corrected chi connectivity index (χ2v) is 4.11. The summed E-state index contributed by atoms with van der Waals surface area (Å²) in [5, 5.41) is 17.0. The van der Waals surface area contributed by atoms with Crippen LogP contribution in [0.3, 0.4) is 0 Å². The number of aromatic carboxylic acids is 1. The molecule has 0 aliphatic rings. The summed E-state index contributed by atoms with van der Waals surface area (Å²) in [5.74, 6) is -1.02. The van der Waals surface area contributed by atoms with E-state index in [1.54, 1.807) is 0 Å². The van der Waals surface area contributed by atoms with Crippen molar-refractivity contribution in [3.05, 3.63) is 11.4 Å². The average Bonchev–Trinajstić information content (AvgIpc) is 2.45. The van der Waals surface area contributed by atoms with Gasteiger partial charge in [0.05, 0.1) is 11.2 Å². The predicted octanol–water partition coefficient (Wildman–Crippen LogP) is 1.29. The van der Waals surface area contributed by atoms with Gasteiger partial charge in [0, 0.05) is 0 Å². The van der Waals surface area contributed by atoms with Crippen LogP contribution in [0.25, 0.3) is 0 Å². The molecule has 1 aromatic rings. The summed E-state index contributed by atoms with van der Waals surface area (Å²) < 4.78 is 0. The van der Waals surface area contributed by atoms with Gasteiger partial charge in [0.1, 0.15) is 0 Å². The molecule has 0 saturated carbocycles. The van der Waals surface area contributed by atoms with Gasteiger partial charge < -0.3 is 5.11 Å². The number of carboxylic acids is 1. The average molecular weight is 197 g/mol. The molecule has 0 aromatic carbocycles. The van der Waals surface area contributed by atoms with Crippen LogP contribution in [0.15, 0.2) is 0 Å². The van der Waals surface area contributed by atoms with Crippen LogP contribution < -0.4 is 0 Å². The number of rotatable bonds is 2. The van der Waals surface area contributed by atoms with Crippen molar-refractivity contribution in [2.24, 2.45) is 0 Å². The van der Waals surface area contributed by atoms with E-state index in [1.165, 1.54) is 4.80 Å². The molecule has 1 heterocycles. The Morgan fingerprint density at radius 1 is 1.43 bits per heavy atom. The Morgan fingerprint density at radius 3 is 2.29 bits per heavy atom. The van der Waals surface area contributed by atoms with Gasteiger partial charge in [-0.2, -0.15) is 9.90 Å². The molecular weight excluding hydrogens is 182 g/mol. The molecule has 0 radical (unpaired) electrons. The molecule has 0 amide bonds. The van der Waals surface area contributed by atoms with E-state index in [1.807, 2.05) is 27.7 Å². The maximum Gasteiger partial charge on any atom is 0.358 e. The number of hydrogen-bond donors (Lipinski definition) is 1. The number of hydrogen-bond acceptors (Lipinski definition) is 3. The first-order chi connectivity index (χ1) is 6.36. The highest BCUT2D eigenvalue weighted by Gasteiger charge is 2.22. The first kappa shape index (κ1) is 10.7. The zero-order chi connectivity index (χ0) is 10.9. The molecule has 5 heteroatoms. The summed E-state index contributed by atoms with van der Waals surface area (Å²) in [6.45, 7) is 7.65. The summed E-state index contributed by atoms with van der Waals surface area (Å²) in [4.78, 5) is 12.3. The minimum Gasteiger partial charge on any atom is -0.476 e. The molecule has 0 aliphatic heterocycles. The quantitative estimate of drug-likeness (QED) is 0.775. The smallest absolute Gasteiger partial charge is 0.358 e. The molecule has 0 unspecified atom stereocenters. The molecule has 0 atom stereocenters. The predicted molar refractivity (Wildman–Crippen MR) is 51.4 cm³/mol. The SMILES string of the molecule is CCc1nn(C(C)(C)C)nc1C(=O)O. The Labute approximate surface area is 82.7 Å². The number of aryl methyl sites for hydroxylation is 1. The first-order valence-corrected chi connectivity index (χ1v) is 4.56. The van der Waals surface area contributed by atoms with Crippen molar-refractivity contribution in [1.82, 2.24) is 15.0 Å². The van der Waals surface area contributed by atoms with Gasteiger partial charge in [-0.1, -0.05) is 6.92 Å². The fourth-order valence-corrected chi connectivity index (χ4v) is 1.04. The zero-order valence-electron chi connectivity index (χ0n) is 8.90. The second kappa shape index (κ2) is 3.40. The maximum atomic E-state index is 10.8. The fraction of sp³-hybridized carbons (Fsp3) is 0.667. The summed E-state index contributed by atoms with van der Waals surface area (Å²) >= 11 is 0. The van der Waals surface area contributed by atoms with Crippen LogP contribution in [0.1, 0.15) is 43.9 Å². The van der Waals surface area contributed by atoms with E-state index in [9.17, 15) is 4.79 Å². The van der Waals surface area contributed by atoms with Crippen molar-refractivity contribution in [1.29, 1.82) is 0 Å². The molecule has 78 valence electrons. The lowest BCUT2D eigenvalue weighted by molar-refractivity contribution is 0.0687. The number of carbonyl (C=O) groups is 1. The van der Waals surface area contributed by atoms with E-state index < -0.39 is 5.97 Å². The molecule has 1 N–H and O–H groups in total. The third kappa shape index (κ3) is 1.92. The summed E-state index contributed by atoms with van der Waals surface area (Å²) in [5.41, 5.74) is 0.312. The Hall–Kier alpha value is -1.39. The molecule has 0 bridgehead atoms. The van der Waals surface area contributed by atoms with Crippen LogP contribution in [0.2, 0.25) is 0 Å². The van der Waals surface area contributed by atoms with E-state index in [0.717, 1.165) is 0 Å². The zero-order valence-corrected chi connectivity index (χ0v) is 8.90. The molecule has 0 saturated heterocycles. The van der Waals surface area contributed by atoms with E-state index in [2.05, 4.69) is 10.2 Å². The van der Waals surface area contributed by atoms with Gasteiger partial charge in [-0.05, 0) is 27.2 Å².